The predicted molar refractivity (Wildman–Crippen MR) is 48.1 cm³/mol. The van der Waals surface area contributed by atoms with Gasteiger partial charge in [0.25, 0.3) is 5.79 Å². The topological polar surface area (TPSA) is 27.7 Å². The molecule has 2 atom stereocenters. The van der Waals surface area contributed by atoms with Crippen LogP contribution in [0, 0.1) is 0 Å². The van der Waals surface area contributed by atoms with Crippen LogP contribution in [0.2, 0.25) is 0 Å². The zero-order valence-corrected chi connectivity index (χ0v) is 7.95. The van der Waals surface area contributed by atoms with Gasteiger partial charge in [0.2, 0.25) is 0 Å². The Morgan fingerprint density at radius 2 is 2.31 bits per heavy atom. The highest BCUT2D eigenvalue weighted by Gasteiger charge is 2.48. The summed E-state index contributed by atoms with van der Waals surface area (Å²) in [5.74, 6) is 0.187. The van der Waals surface area contributed by atoms with E-state index in [1.807, 2.05) is 32.1 Å². The lowest BCUT2D eigenvalue weighted by molar-refractivity contribution is -0.206. The molecule has 0 spiro atoms. The summed E-state index contributed by atoms with van der Waals surface area (Å²) in [6, 6.07) is 0. The van der Waals surface area contributed by atoms with Crippen LogP contribution < -0.4 is 0 Å². The molecule has 2 aliphatic heterocycles. The molecule has 0 aromatic rings. The van der Waals surface area contributed by atoms with Crippen LogP contribution in [0.1, 0.15) is 13.8 Å². The fourth-order valence-electron chi connectivity index (χ4n) is 1.69. The van der Waals surface area contributed by atoms with E-state index in [0.29, 0.717) is 13.2 Å². The predicted octanol–water partition coefficient (Wildman–Crippen LogP) is 1.61. The van der Waals surface area contributed by atoms with E-state index < -0.39 is 5.79 Å². The van der Waals surface area contributed by atoms with Crippen molar-refractivity contribution in [2.45, 2.75) is 25.7 Å². The number of fused-ring (bicyclic) bond motifs is 2. The van der Waals surface area contributed by atoms with Crippen molar-refractivity contribution in [2.75, 3.05) is 13.2 Å². The van der Waals surface area contributed by atoms with Gasteiger partial charge in [-0.05, 0) is 32.1 Å². The lowest BCUT2D eigenvalue weighted by atomic mass is 10.1. The minimum Gasteiger partial charge on any atom is -0.456 e. The van der Waals surface area contributed by atoms with Crippen LogP contribution in [0.15, 0.2) is 24.0 Å². The first-order chi connectivity index (χ1) is 6.30. The van der Waals surface area contributed by atoms with E-state index in [2.05, 4.69) is 0 Å². The second kappa shape index (κ2) is 3.16. The molecule has 2 bridgehead atoms. The quantitative estimate of drug-likeness (QED) is 0.661. The van der Waals surface area contributed by atoms with Gasteiger partial charge < -0.3 is 14.2 Å². The van der Waals surface area contributed by atoms with Crippen LogP contribution in [-0.4, -0.2) is 25.1 Å². The molecule has 0 aliphatic carbocycles. The molecule has 2 heterocycles. The molecule has 0 N–H and O–H groups in total. The van der Waals surface area contributed by atoms with Crippen LogP contribution in [0.25, 0.3) is 0 Å². The Morgan fingerprint density at radius 3 is 2.92 bits per heavy atom. The maximum atomic E-state index is 5.57. The molecule has 0 fully saturated rings. The summed E-state index contributed by atoms with van der Waals surface area (Å²) in [7, 11) is 0. The molecule has 0 amide bonds. The third-order valence-electron chi connectivity index (χ3n) is 2.19. The summed E-state index contributed by atoms with van der Waals surface area (Å²) in [6.07, 6.45) is 5.72. The van der Waals surface area contributed by atoms with Crippen molar-refractivity contribution >= 4 is 0 Å². The Hall–Kier alpha value is -0.800. The first-order valence-corrected chi connectivity index (χ1v) is 4.66. The molecule has 3 heteroatoms. The number of hydrogen-bond donors (Lipinski definition) is 0. The van der Waals surface area contributed by atoms with Crippen LogP contribution in [0.3, 0.4) is 0 Å². The van der Waals surface area contributed by atoms with Crippen molar-refractivity contribution in [1.82, 2.24) is 0 Å². The molecule has 72 valence electrons. The smallest absolute Gasteiger partial charge is 0.261 e. The molecule has 0 aromatic heterocycles. The average molecular weight is 182 g/mol. The Balaban J connectivity index is 2.13. The highest BCUT2D eigenvalue weighted by atomic mass is 16.7. The van der Waals surface area contributed by atoms with E-state index in [0.717, 1.165) is 5.76 Å². The first kappa shape index (κ1) is 8.78. The fraction of sp³-hybridized carbons (Fsp3) is 0.600. The maximum absolute atomic E-state index is 5.57. The highest BCUT2D eigenvalue weighted by molar-refractivity contribution is 5.33. The zero-order valence-electron chi connectivity index (χ0n) is 7.95. The van der Waals surface area contributed by atoms with Crippen LogP contribution in [0.5, 0.6) is 0 Å². The second-order valence-corrected chi connectivity index (χ2v) is 3.03. The van der Waals surface area contributed by atoms with E-state index in [-0.39, 0.29) is 6.10 Å². The Kier molecular flexibility index (Phi) is 2.14. The van der Waals surface area contributed by atoms with E-state index in [1.54, 1.807) is 0 Å². The lowest BCUT2D eigenvalue weighted by Gasteiger charge is -2.28. The Morgan fingerprint density at radius 1 is 1.46 bits per heavy atom. The summed E-state index contributed by atoms with van der Waals surface area (Å²) in [4.78, 5) is 0. The molecule has 2 unspecified atom stereocenters. The van der Waals surface area contributed by atoms with E-state index >= 15 is 0 Å². The third-order valence-corrected chi connectivity index (χ3v) is 2.19. The number of ether oxygens (including phenoxy) is 3. The normalized spacial score (nSPS) is 34.9. The maximum Gasteiger partial charge on any atom is 0.261 e. The molecule has 0 radical (unpaired) electrons. The van der Waals surface area contributed by atoms with Crippen molar-refractivity contribution in [2.24, 2.45) is 0 Å². The Bertz CT molecular complexity index is 257. The highest BCUT2D eigenvalue weighted by Crippen LogP contribution is 2.39. The molecule has 2 aliphatic rings. The lowest BCUT2D eigenvalue weighted by Crippen LogP contribution is -2.41. The number of rotatable bonds is 4. The van der Waals surface area contributed by atoms with E-state index in [1.165, 1.54) is 0 Å². The second-order valence-electron chi connectivity index (χ2n) is 3.03. The molecule has 3 nitrogen and oxygen atoms in total. The van der Waals surface area contributed by atoms with Gasteiger partial charge in [0, 0.05) is 13.2 Å². The summed E-state index contributed by atoms with van der Waals surface area (Å²) in [5.41, 5.74) is 0. The van der Waals surface area contributed by atoms with Gasteiger partial charge in [0.05, 0.1) is 0 Å². The van der Waals surface area contributed by atoms with Crippen molar-refractivity contribution in [1.29, 1.82) is 0 Å². The largest absolute Gasteiger partial charge is 0.456 e. The SMILES string of the molecule is CCOC1C=C2C=CC1(OCC)O2. The van der Waals surface area contributed by atoms with Crippen molar-refractivity contribution in [3.63, 3.8) is 0 Å². The van der Waals surface area contributed by atoms with Gasteiger partial charge in [0.15, 0.2) is 0 Å². The van der Waals surface area contributed by atoms with Gasteiger partial charge in [-0.25, -0.2) is 0 Å². The molecule has 0 saturated heterocycles. The summed E-state index contributed by atoms with van der Waals surface area (Å²) in [6.45, 7) is 5.20. The molecule has 0 aromatic carbocycles. The van der Waals surface area contributed by atoms with Crippen LogP contribution >= 0.6 is 0 Å². The molecular formula is C10H14O3. The molecule has 0 saturated carbocycles. The third kappa shape index (κ3) is 1.28. The Labute approximate surface area is 78.0 Å². The summed E-state index contributed by atoms with van der Waals surface area (Å²) in [5, 5.41) is 0. The van der Waals surface area contributed by atoms with Crippen LogP contribution in [0.4, 0.5) is 0 Å². The zero-order chi connectivity index (χ0) is 9.31. The van der Waals surface area contributed by atoms with Gasteiger partial charge in [-0.15, -0.1) is 0 Å². The van der Waals surface area contributed by atoms with Crippen molar-refractivity contribution in [3.8, 4) is 0 Å². The molecule has 13 heavy (non-hydrogen) atoms. The fourth-order valence-corrected chi connectivity index (χ4v) is 1.69. The van der Waals surface area contributed by atoms with Crippen LogP contribution in [-0.2, 0) is 14.2 Å². The van der Waals surface area contributed by atoms with Gasteiger partial charge in [0.1, 0.15) is 11.9 Å². The van der Waals surface area contributed by atoms with Gasteiger partial charge >= 0.3 is 0 Å². The van der Waals surface area contributed by atoms with E-state index in [4.69, 9.17) is 14.2 Å². The van der Waals surface area contributed by atoms with Gasteiger partial charge in [-0.1, -0.05) is 0 Å². The van der Waals surface area contributed by atoms with Crippen molar-refractivity contribution < 1.29 is 14.2 Å². The summed E-state index contributed by atoms with van der Waals surface area (Å²) >= 11 is 0. The molecule has 2 rings (SSSR count). The number of hydrogen-bond acceptors (Lipinski definition) is 3. The van der Waals surface area contributed by atoms with Gasteiger partial charge in [-0.2, -0.15) is 0 Å². The minimum absolute atomic E-state index is 0.0857. The molecular weight excluding hydrogens is 168 g/mol. The van der Waals surface area contributed by atoms with Crippen molar-refractivity contribution in [3.05, 3.63) is 24.0 Å². The number of allylic oxidation sites excluding steroid dienone is 1. The van der Waals surface area contributed by atoms with Gasteiger partial charge in [-0.3, -0.25) is 0 Å². The first-order valence-electron chi connectivity index (χ1n) is 4.66. The standard InChI is InChI=1S/C10H14O3/c1-3-11-9-7-8-5-6-10(9,13-8)12-4-2/h5-7,9H,3-4H2,1-2H3. The summed E-state index contributed by atoms with van der Waals surface area (Å²) < 4.78 is 16.6. The minimum atomic E-state index is -0.667. The average Bonchev–Trinajstić information content (AvgIpc) is 2.63. The van der Waals surface area contributed by atoms with E-state index in [9.17, 15) is 0 Å². The monoisotopic (exact) mass is 182 g/mol.